The van der Waals surface area contributed by atoms with E-state index in [1.54, 1.807) is 13.4 Å². The van der Waals surface area contributed by atoms with Gasteiger partial charge in [-0.25, -0.2) is 0 Å². The maximum Gasteiger partial charge on any atom is 0.161 e. The van der Waals surface area contributed by atoms with Crippen LogP contribution in [-0.4, -0.2) is 12.6 Å². The Labute approximate surface area is 126 Å². The fourth-order valence-corrected chi connectivity index (χ4v) is 1.85. The number of nitrogens with one attached hydrogen (secondary N) is 1. The van der Waals surface area contributed by atoms with Gasteiger partial charge in [-0.2, -0.15) is 0 Å². The van der Waals surface area contributed by atoms with Crippen LogP contribution >= 0.6 is 0 Å². The van der Waals surface area contributed by atoms with E-state index in [4.69, 9.17) is 13.9 Å². The van der Waals surface area contributed by atoms with Crippen LogP contribution in [0.15, 0.2) is 41.0 Å². The molecule has 1 heterocycles. The summed E-state index contributed by atoms with van der Waals surface area (Å²) in [6, 6.07) is 9.58. The van der Waals surface area contributed by atoms with Gasteiger partial charge in [-0.1, -0.05) is 12.1 Å². The van der Waals surface area contributed by atoms with Crippen molar-refractivity contribution in [3.63, 3.8) is 0 Å². The van der Waals surface area contributed by atoms with E-state index < -0.39 is 0 Å². The van der Waals surface area contributed by atoms with E-state index in [9.17, 15) is 0 Å². The highest BCUT2D eigenvalue weighted by atomic mass is 16.5. The number of hydrogen-bond donors (Lipinski definition) is 1. The molecule has 0 aliphatic carbocycles. The Morgan fingerprint density at radius 1 is 1.14 bits per heavy atom. The first-order chi connectivity index (χ1) is 9.98. The Morgan fingerprint density at radius 2 is 1.86 bits per heavy atom. The lowest BCUT2D eigenvalue weighted by Crippen LogP contribution is -2.34. The number of furan rings is 1. The SMILES string of the molecule is COc1ccccc1OCc1cc(CNC(C)(C)C)co1. The third-order valence-electron chi connectivity index (χ3n) is 2.97. The van der Waals surface area contributed by atoms with Gasteiger partial charge in [-0.15, -0.1) is 0 Å². The number of rotatable bonds is 6. The molecule has 1 aromatic carbocycles. The highest BCUT2D eigenvalue weighted by Crippen LogP contribution is 2.26. The molecule has 0 aliphatic heterocycles. The van der Waals surface area contributed by atoms with E-state index in [-0.39, 0.29) is 5.54 Å². The summed E-state index contributed by atoms with van der Waals surface area (Å²) >= 11 is 0. The average molecular weight is 289 g/mol. The van der Waals surface area contributed by atoms with Crippen molar-refractivity contribution in [2.24, 2.45) is 0 Å². The standard InChI is InChI=1S/C17H23NO3/c1-17(2,3)18-10-13-9-14(20-11-13)12-21-16-8-6-5-7-15(16)19-4/h5-9,11,18H,10,12H2,1-4H3. The summed E-state index contributed by atoms with van der Waals surface area (Å²) in [7, 11) is 1.63. The van der Waals surface area contributed by atoms with Gasteiger partial charge in [0.25, 0.3) is 0 Å². The van der Waals surface area contributed by atoms with Crippen molar-refractivity contribution in [2.45, 2.75) is 39.5 Å². The van der Waals surface area contributed by atoms with E-state index in [1.165, 1.54) is 0 Å². The topological polar surface area (TPSA) is 43.6 Å². The summed E-state index contributed by atoms with van der Waals surface area (Å²) in [5.41, 5.74) is 1.20. The predicted molar refractivity (Wildman–Crippen MR) is 82.6 cm³/mol. The number of ether oxygens (including phenoxy) is 2. The average Bonchev–Trinajstić information content (AvgIpc) is 2.90. The molecule has 0 amide bonds. The van der Waals surface area contributed by atoms with Crippen LogP contribution in [-0.2, 0) is 13.2 Å². The van der Waals surface area contributed by atoms with Gasteiger partial charge in [-0.3, -0.25) is 0 Å². The van der Waals surface area contributed by atoms with E-state index in [0.29, 0.717) is 12.4 Å². The van der Waals surface area contributed by atoms with Crippen LogP contribution in [0.4, 0.5) is 0 Å². The zero-order valence-electron chi connectivity index (χ0n) is 13.1. The second-order valence-corrected chi connectivity index (χ2v) is 5.96. The Balaban J connectivity index is 1.91. The Bertz CT molecular complexity index is 569. The first kappa shape index (κ1) is 15.4. The van der Waals surface area contributed by atoms with Crippen molar-refractivity contribution >= 4 is 0 Å². The molecule has 1 aromatic heterocycles. The monoisotopic (exact) mass is 289 g/mol. The molecule has 2 rings (SSSR count). The van der Waals surface area contributed by atoms with Crippen LogP contribution < -0.4 is 14.8 Å². The van der Waals surface area contributed by atoms with E-state index >= 15 is 0 Å². The van der Waals surface area contributed by atoms with Crippen LogP contribution in [0.25, 0.3) is 0 Å². The quantitative estimate of drug-likeness (QED) is 0.879. The molecule has 0 unspecified atom stereocenters. The Morgan fingerprint density at radius 3 is 2.52 bits per heavy atom. The molecule has 0 atom stereocenters. The van der Waals surface area contributed by atoms with Crippen LogP contribution in [0.1, 0.15) is 32.1 Å². The summed E-state index contributed by atoms with van der Waals surface area (Å²) in [6.07, 6.45) is 1.76. The molecule has 0 spiro atoms. The summed E-state index contributed by atoms with van der Waals surface area (Å²) in [5, 5.41) is 3.42. The van der Waals surface area contributed by atoms with Gasteiger partial charge in [0, 0.05) is 17.6 Å². The maximum absolute atomic E-state index is 5.73. The number of para-hydroxylation sites is 2. The van der Waals surface area contributed by atoms with Gasteiger partial charge in [-0.05, 0) is 39.0 Å². The summed E-state index contributed by atoms with van der Waals surface area (Å²) < 4.78 is 16.5. The first-order valence-electron chi connectivity index (χ1n) is 7.05. The molecule has 4 heteroatoms. The minimum atomic E-state index is 0.0886. The summed E-state index contributed by atoms with van der Waals surface area (Å²) in [5.74, 6) is 2.23. The van der Waals surface area contributed by atoms with E-state index in [0.717, 1.165) is 23.6 Å². The number of hydrogen-bond acceptors (Lipinski definition) is 4. The van der Waals surface area contributed by atoms with Crippen LogP contribution in [0.2, 0.25) is 0 Å². The van der Waals surface area contributed by atoms with Crippen molar-refractivity contribution in [3.8, 4) is 11.5 Å². The predicted octanol–water partition coefficient (Wildman–Crippen LogP) is 3.76. The van der Waals surface area contributed by atoms with Crippen molar-refractivity contribution in [2.75, 3.05) is 7.11 Å². The molecule has 0 saturated heterocycles. The van der Waals surface area contributed by atoms with Crippen molar-refractivity contribution in [3.05, 3.63) is 47.9 Å². The van der Waals surface area contributed by atoms with Gasteiger partial charge in [0.1, 0.15) is 12.4 Å². The highest BCUT2D eigenvalue weighted by molar-refractivity contribution is 5.39. The Kier molecular flexibility index (Phi) is 4.91. The maximum atomic E-state index is 5.73. The van der Waals surface area contributed by atoms with Gasteiger partial charge in [0.2, 0.25) is 0 Å². The van der Waals surface area contributed by atoms with Crippen LogP contribution in [0.3, 0.4) is 0 Å². The second kappa shape index (κ2) is 6.68. The normalized spacial score (nSPS) is 11.4. The number of methoxy groups -OCH3 is 1. The number of benzene rings is 1. The molecule has 0 fully saturated rings. The molecule has 0 aliphatic rings. The van der Waals surface area contributed by atoms with Gasteiger partial charge in [0.15, 0.2) is 11.5 Å². The minimum absolute atomic E-state index is 0.0886. The lowest BCUT2D eigenvalue weighted by Gasteiger charge is -2.19. The fourth-order valence-electron chi connectivity index (χ4n) is 1.85. The molecular weight excluding hydrogens is 266 g/mol. The molecule has 0 bridgehead atoms. The fraction of sp³-hybridized carbons (Fsp3) is 0.412. The van der Waals surface area contributed by atoms with Crippen molar-refractivity contribution < 1.29 is 13.9 Å². The molecule has 21 heavy (non-hydrogen) atoms. The molecule has 0 radical (unpaired) electrons. The Hall–Kier alpha value is -1.94. The van der Waals surface area contributed by atoms with Crippen molar-refractivity contribution in [1.82, 2.24) is 5.32 Å². The second-order valence-electron chi connectivity index (χ2n) is 5.96. The zero-order chi connectivity index (χ0) is 15.3. The zero-order valence-corrected chi connectivity index (χ0v) is 13.1. The van der Waals surface area contributed by atoms with Gasteiger partial charge < -0.3 is 19.2 Å². The molecular formula is C17H23NO3. The molecule has 4 nitrogen and oxygen atoms in total. The van der Waals surface area contributed by atoms with Crippen LogP contribution in [0.5, 0.6) is 11.5 Å². The lowest BCUT2D eigenvalue weighted by atomic mass is 10.1. The van der Waals surface area contributed by atoms with E-state index in [2.05, 4.69) is 26.1 Å². The summed E-state index contributed by atoms with van der Waals surface area (Å²) in [4.78, 5) is 0. The lowest BCUT2D eigenvalue weighted by molar-refractivity contribution is 0.256. The minimum Gasteiger partial charge on any atom is -0.493 e. The van der Waals surface area contributed by atoms with Crippen LogP contribution in [0, 0.1) is 0 Å². The third-order valence-corrected chi connectivity index (χ3v) is 2.97. The van der Waals surface area contributed by atoms with E-state index in [1.807, 2.05) is 30.3 Å². The molecule has 0 saturated carbocycles. The molecule has 2 aromatic rings. The third kappa shape index (κ3) is 4.83. The largest absolute Gasteiger partial charge is 0.493 e. The smallest absolute Gasteiger partial charge is 0.161 e. The van der Waals surface area contributed by atoms with Gasteiger partial charge in [0.05, 0.1) is 13.4 Å². The first-order valence-corrected chi connectivity index (χ1v) is 7.05. The van der Waals surface area contributed by atoms with Gasteiger partial charge >= 0.3 is 0 Å². The molecule has 114 valence electrons. The summed E-state index contributed by atoms with van der Waals surface area (Å²) in [6.45, 7) is 7.58. The van der Waals surface area contributed by atoms with Crippen molar-refractivity contribution in [1.29, 1.82) is 0 Å². The highest BCUT2D eigenvalue weighted by Gasteiger charge is 2.10. The molecule has 1 N–H and O–H groups in total.